The average molecular weight is 391 g/mol. The second-order valence-electron chi connectivity index (χ2n) is 2.96. The van der Waals surface area contributed by atoms with Crippen molar-refractivity contribution >= 4 is 49.9 Å². The Bertz CT molecular complexity index is 534. The van der Waals surface area contributed by atoms with Crippen LogP contribution >= 0.6 is 34.2 Å². The number of nitrogens with one attached hydrogen (secondary N) is 1. The topological polar surface area (TPSA) is 89.3 Å². The normalized spacial score (nSPS) is 11.4. The van der Waals surface area contributed by atoms with Gasteiger partial charge in [-0.15, -0.1) is 0 Å². The Morgan fingerprint density at radius 3 is 2.65 bits per heavy atom. The first-order valence-corrected chi connectivity index (χ1v) is 7.76. The molecule has 6 nitrogen and oxygen atoms in total. The van der Waals surface area contributed by atoms with E-state index in [4.69, 9.17) is 11.6 Å². The highest BCUT2D eigenvalue weighted by molar-refractivity contribution is 14.1. The van der Waals surface area contributed by atoms with Gasteiger partial charge in [-0.25, -0.2) is 13.1 Å². The highest BCUT2D eigenvalue weighted by Gasteiger charge is 2.25. The number of hydrogen-bond acceptors (Lipinski definition) is 4. The van der Waals surface area contributed by atoms with Gasteiger partial charge >= 0.3 is 0 Å². The Balaban J connectivity index is 3.26. The van der Waals surface area contributed by atoms with E-state index in [1.807, 2.05) is 22.6 Å². The van der Waals surface area contributed by atoms with Crippen LogP contribution in [0.15, 0.2) is 23.1 Å². The van der Waals surface area contributed by atoms with E-state index in [1.54, 1.807) is 0 Å². The predicted octanol–water partition coefficient (Wildman–Crippen LogP) is 1.96. The van der Waals surface area contributed by atoms with Gasteiger partial charge in [0.2, 0.25) is 10.0 Å². The summed E-state index contributed by atoms with van der Waals surface area (Å²) < 4.78 is 26.4. The number of nitrogens with zero attached hydrogens (tertiary/aromatic N) is 1. The fraction of sp³-hybridized carbons (Fsp3) is 0.250. The zero-order valence-corrected chi connectivity index (χ0v) is 12.1. The third-order valence-corrected chi connectivity index (χ3v) is 4.08. The van der Waals surface area contributed by atoms with Crippen molar-refractivity contribution in [3.63, 3.8) is 0 Å². The van der Waals surface area contributed by atoms with Crippen LogP contribution in [-0.2, 0) is 10.0 Å². The van der Waals surface area contributed by atoms with Gasteiger partial charge in [0.05, 0.1) is 4.92 Å². The Hall–Kier alpha value is -0.450. The van der Waals surface area contributed by atoms with Gasteiger partial charge in [0.15, 0.2) is 4.90 Å². The van der Waals surface area contributed by atoms with Gasteiger partial charge in [0.1, 0.15) is 0 Å². The average Bonchev–Trinajstić information content (AvgIpc) is 2.26. The number of alkyl halides is 1. The monoisotopic (exact) mass is 390 g/mol. The summed E-state index contributed by atoms with van der Waals surface area (Å²) in [6.07, 6.45) is 0. The van der Waals surface area contributed by atoms with Crippen LogP contribution in [0.2, 0.25) is 5.02 Å². The summed E-state index contributed by atoms with van der Waals surface area (Å²) >= 11 is 7.59. The van der Waals surface area contributed by atoms with Crippen LogP contribution in [0.25, 0.3) is 0 Å². The minimum Gasteiger partial charge on any atom is -0.258 e. The van der Waals surface area contributed by atoms with Gasteiger partial charge in [-0.2, -0.15) is 0 Å². The molecule has 1 aromatic carbocycles. The van der Waals surface area contributed by atoms with E-state index in [1.165, 1.54) is 6.07 Å². The summed E-state index contributed by atoms with van der Waals surface area (Å²) in [6.45, 7) is 0.211. The molecule has 1 aromatic rings. The number of nitro groups is 1. The third kappa shape index (κ3) is 3.76. The minimum absolute atomic E-state index is 0.115. The Labute approximate surface area is 117 Å². The number of nitro benzene ring substituents is 1. The van der Waals surface area contributed by atoms with E-state index >= 15 is 0 Å². The lowest BCUT2D eigenvalue weighted by atomic mass is 10.3. The van der Waals surface area contributed by atoms with Crippen molar-refractivity contribution in [3.8, 4) is 0 Å². The molecule has 0 fully saturated rings. The van der Waals surface area contributed by atoms with Crippen LogP contribution in [0, 0.1) is 10.1 Å². The van der Waals surface area contributed by atoms with Crippen molar-refractivity contribution in [2.24, 2.45) is 0 Å². The Morgan fingerprint density at radius 1 is 1.47 bits per heavy atom. The predicted molar refractivity (Wildman–Crippen MR) is 72.2 cm³/mol. The second kappa shape index (κ2) is 5.94. The van der Waals surface area contributed by atoms with Crippen molar-refractivity contribution in [2.45, 2.75) is 4.90 Å². The minimum atomic E-state index is -3.87. The van der Waals surface area contributed by atoms with Gasteiger partial charge in [0, 0.05) is 22.1 Å². The molecule has 0 radical (unpaired) electrons. The highest BCUT2D eigenvalue weighted by atomic mass is 127. The summed E-state index contributed by atoms with van der Waals surface area (Å²) in [5.74, 6) is 0. The number of sulfonamides is 1. The van der Waals surface area contributed by atoms with E-state index in [2.05, 4.69) is 4.72 Å². The highest BCUT2D eigenvalue weighted by Crippen LogP contribution is 2.26. The molecule has 0 amide bonds. The smallest absolute Gasteiger partial charge is 0.258 e. The first kappa shape index (κ1) is 14.6. The van der Waals surface area contributed by atoms with Crippen LogP contribution in [0.1, 0.15) is 0 Å². The molecule has 0 saturated carbocycles. The van der Waals surface area contributed by atoms with Crippen molar-refractivity contribution in [2.75, 3.05) is 11.0 Å². The van der Waals surface area contributed by atoms with Crippen molar-refractivity contribution < 1.29 is 13.3 Å². The lowest BCUT2D eigenvalue weighted by Crippen LogP contribution is -2.26. The largest absolute Gasteiger partial charge is 0.290 e. The lowest BCUT2D eigenvalue weighted by Gasteiger charge is -2.05. The molecular weight excluding hydrogens is 383 g/mol. The van der Waals surface area contributed by atoms with E-state index < -0.39 is 20.6 Å². The SMILES string of the molecule is O=[N+]([O-])c1cc(Cl)ccc1S(=O)(=O)NCCI. The molecule has 1 rings (SSSR count). The lowest BCUT2D eigenvalue weighted by molar-refractivity contribution is -0.387. The number of hydrogen-bond donors (Lipinski definition) is 1. The van der Waals surface area contributed by atoms with Gasteiger partial charge in [-0.1, -0.05) is 34.2 Å². The third-order valence-electron chi connectivity index (χ3n) is 1.79. The molecule has 0 unspecified atom stereocenters. The number of rotatable bonds is 5. The molecule has 0 aliphatic rings. The van der Waals surface area contributed by atoms with Crippen LogP contribution in [0.4, 0.5) is 5.69 Å². The molecule has 0 spiro atoms. The van der Waals surface area contributed by atoms with Crippen LogP contribution < -0.4 is 4.72 Å². The first-order valence-electron chi connectivity index (χ1n) is 4.38. The van der Waals surface area contributed by atoms with Crippen LogP contribution in [0.5, 0.6) is 0 Å². The van der Waals surface area contributed by atoms with Gasteiger partial charge < -0.3 is 0 Å². The molecule has 9 heteroatoms. The zero-order valence-electron chi connectivity index (χ0n) is 8.39. The summed E-state index contributed by atoms with van der Waals surface area (Å²) in [6, 6.07) is 3.43. The van der Waals surface area contributed by atoms with E-state index in [9.17, 15) is 18.5 Å². The maximum absolute atomic E-state index is 11.8. The van der Waals surface area contributed by atoms with E-state index in [-0.39, 0.29) is 16.5 Å². The summed E-state index contributed by atoms with van der Waals surface area (Å²) in [5.41, 5.74) is -0.529. The Morgan fingerprint density at radius 2 is 2.12 bits per heavy atom. The van der Waals surface area contributed by atoms with Crippen molar-refractivity contribution in [3.05, 3.63) is 33.3 Å². The fourth-order valence-corrected chi connectivity index (χ4v) is 3.10. The Kier molecular flexibility index (Phi) is 5.10. The maximum atomic E-state index is 11.8. The van der Waals surface area contributed by atoms with Gasteiger partial charge in [-0.3, -0.25) is 10.1 Å². The number of halogens is 2. The second-order valence-corrected chi connectivity index (χ2v) is 6.21. The standard InChI is InChI=1S/C8H8ClIN2O4S/c9-6-1-2-8(7(5-6)12(13)14)17(15,16)11-4-3-10/h1-2,5,11H,3-4H2. The van der Waals surface area contributed by atoms with Crippen LogP contribution in [-0.4, -0.2) is 24.3 Å². The van der Waals surface area contributed by atoms with E-state index in [0.717, 1.165) is 12.1 Å². The summed E-state index contributed by atoms with van der Waals surface area (Å²) in [5, 5.41) is 10.9. The van der Waals surface area contributed by atoms with E-state index in [0.29, 0.717) is 4.43 Å². The molecule has 94 valence electrons. The van der Waals surface area contributed by atoms with Crippen molar-refractivity contribution in [1.82, 2.24) is 4.72 Å². The summed E-state index contributed by atoms with van der Waals surface area (Å²) in [4.78, 5) is 9.60. The van der Waals surface area contributed by atoms with Crippen molar-refractivity contribution in [1.29, 1.82) is 0 Å². The maximum Gasteiger partial charge on any atom is 0.290 e. The molecular formula is C8H8ClIN2O4S. The molecule has 0 heterocycles. The molecule has 17 heavy (non-hydrogen) atoms. The molecule has 0 bridgehead atoms. The molecule has 0 atom stereocenters. The quantitative estimate of drug-likeness (QED) is 0.360. The number of benzene rings is 1. The van der Waals surface area contributed by atoms with Gasteiger partial charge in [0.25, 0.3) is 5.69 Å². The zero-order chi connectivity index (χ0) is 13.1. The first-order chi connectivity index (χ1) is 7.88. The summed E-state index contributed by atoms with van der Waals surface area (Å²) in [7, 11) is -3.87. The molecule has 0 aromatic heterocycles. The molecule has 0 saturated heterocycles. The van der Waals surface area contributed by atoms with Gasteiger partial charge in [-0.05, 0) is 12.1 Å². The molecule has 1 N–H and O–H groups in total. The van der Waals surface area contributed by atoms with Crippen LogP contribution in [0.3, 0.4) is 0 Å². The fourth-order valence-electron chi connectivity index (χ4n) is 1.11. The molecule has 0 aliphatic heterocycles. The molecule has 0 aliphatic carbocycles.